The van der Waals surface area contributed by atoms with Crippen LogP contribution in [0.4, 0.5) is 13.6 Å². The van der Waals surface area contributed by atoms with Crippen LogP contribution in [-0.2, 0) is 11.3 Å². The molecular formula is C28H30F2N4O4. The van der Waals surface area contributed by atoms with Gasteiger partial charge in [-0.3, -0.25) is 4.68 Å². The Hall–Kier alpha value is -3.97. The Kier molecular flexibility index (Phi) is 7.42. The molecule has 2 aromatic carbocycles. The summed E-state index contributed by atoms with van der Waals surface area (Å²) in [6.45, 7) is 6.14. The van der Waals surface area contributed by atoms with Crippen molar-refractivity contribution in [2.24, 2.45) is 0 Å². The average molecular weight is 525 g/mol. The highest BCUT2D eigenvalue weighted by Crippen LogP contribution is 2.35. The number of carbonyl (C=O) groups is 1. The van der Waals surface area contributed by atoms with Crippen molar-refractivity contribution in [3.8, 4) is 34.2 Å². The first kappa shape index (κ1) is 27.1. The van der Waals surface area contributed by atoms with Crippen molar-refractivity contribution in [3.63, 3.8) is 0 Å². The van der Waals surface area contributed by atoms with Crippen molar-refractivity contribution in [2.45, 2.75) is 51.4 Å². The van der Waals surface area contributed by atoms with Crippen molar-refractivity contribution < 1.29 is 28.2 Å². The first-order chi connectivity index (χ1) is 17.9. The minimum Gasteiger partial charge on any atom is -0.494 e. The number of ether oxygens (including phenoxy) is 2. The summed E-state index contributed by atoms with van der Waals surface area (Å²) in [6.07, 6.45) is 1.86. The highest BCUT2D eigenvalue weighted by atomic mass is 19.1. The molecule has 0 radical (unpaired) electrons. The molecule has 0 spiro atoms. The molecule has 3 aromatic rings. The Morgan fingerprint density at radius 2 is 1.79 bits per heavy atom. The molecule has 4 rings (SSSR count). The van der Waals surface area contributed by atoms with Crippen molar-refractivity contribution in [1.82, 2.24) is 14.7 Å². The second-order valence-electron chi connectivity index (χ2n) is 10.4. The zero-order valence-corrected chi connectivity index (χ0v) is 21.8. The predicted molar refractivity (Wildman–Crippen MR) is 136 cm³/mol. The normalized spacial score (nSPS) is 15.2. The van der Waals surface area contributed by atoms with Gasteiger partial charge in [-0.2, -0.15) is 10.4 Å². The lowest BCUT2D eigenvalue weighted by Crippen LogP contribution is -2.49. The van der Waals surface area contributed by atoms with Crippen LogP contribution in [0.5, 0.6) is 5.75 Å². The maximum absolute atomic E-state index is 14.5. The Morgan fingerprint density at radius 3 is 2.37 bits per heavy atom. The number of halogens is 2. The zero-order chi connectivity index (χ0) is 27.7. The van der Waals surface area contributed by atoms with Crippen molar-refractivity contribution in [3.05, 3.63) is 59.8 Å². The third kappa shape index (κ3) is 5.94. The molecule has 1 fully saturated rings. The number of rotatable bonds is 5. The molecular weight excluding hydrogens is 494 g/mol. The second-order valence-corrected chi connectivity index (χ2v) is 10.4. The molecule has 1 amide bonds. The lowest BCUT2D eigenvalue weighted by molar-refractivity contribution is -0.0431. The summed E-state index contributed by atoms with van der Waals surface area (Å²) < 4.78 is 41.0. The van der Waals surface area contributed by atoms with Crippen LogP contribution in [0, 0.1) is 23.0 Å². The van der Waals surface area contributed by atoms with E-state index in [1.807, 2.05) is 0 Å². The smallest absolute Gasteiger partial charge is 0.410 e. The Labute approximate surface area is 220 Å². The van der Waals surface area contributed by atoms with E-state index in [4.69, 9.17) is 14.7 Å². The minimum atomic E-state index is -1.15. The number of aliphatic hydroxyl groups is 1. The molecule has 2 heterocycles. The number of hydrogen-bond donors (Lipinski definition) is 1. The van der Waals surface area contributed by atoms with E-state index >= 15 is 0 Å². The molecule has 1 aliphatic rings. The van der Waals surface area contributed by atoms with Gasteiger partial charge in [0.15, 0.2) is 11.6 Å². The third-order valence-corrected chi connectivity index (χ3v) is 6.39. The van der Waals surface area contributed by atoms with E-state index in [0.29, 0.717) is 48.3 Å². The van der Waals surface area contributed by atoms with Gasteiger partial charge >= 0.3 is 6.09 Å². The number of hydrogen-bond acceptors (Lipinski definition) is 6. The fourth-order valence-electron chi connectivity index (χ4n) is 4.41. The van der Waals surface area contributed by atoms with Crippen molar-refractivity contribution >= 4 is 6.09 Å². The summed E-state index contributed by atoms with van der Waals surface area (Å²) in [5, 5.41) is 25.0. The number of nitrogens with zero attached hydrogens (tertiary/aromatic N) is 4. The Bertz CT molecular complexity index is 1380. The predicted octanol–water partition coefficient (Wildman–Crippen LogP) is 5.14. The standard InChI is InChI=1S/C28H30F2N4O4/c1-27(2,3)38-26(35)33-11-9-28(36,10-12-33)17-34-16-21(18-7-8-24(37-4)23(30)13-18)25(32-34)19-5-6-20(15-31)22(29)14-19/h5-8,13-14,16,36H,9-12,17H2,1-4H3. The average Bonchev–Trinajstić information content (AvgIpc) is 3.26. The molecule has 0 unspecified atom stereocenters. The number of methoxy groups -OCH3 is 1. The van der Waals surface area contributed by atoms with Crippen LogP contribution in [0.1, 0.15) is 39.2 Å². The summed E-state index contributed by atoms with van der Waals surface area (Å²) in [5.41, 5.74) is -0.0904. The van der Waals surface area contributed by atoms with Gasteiger partial charge in [-0.15, -0.1) is 0 Å². The molecule has 8 nitrogen and oxygen atoms in total. The summed E-state index contributed by atoms with van der Waals surface area (Å²) in [7, 11) is 1.37. The van der Waals surface area contributed by atoms with Crippen molar-refractivity contribution in [1.29, 1.82) is 5.26 Å². The van der Waals surface area contributed by atoms with E-state index in [1.54, 1.807) is 54.8 Å². The molecule has 1 aliphatic heterocycles. The molecule has 10 heteroatoms. The topological polar surface area (TPSA) is 101 Å². The van der Waals surface area contributed by atoms with Crippen LogP contribution >= 0.6 is 0 Å². The molecule has 1 saturated heterocycles. The van der Waals surface area contributed by atoms with Gasteiger partial charge < -0.3 is 19.5 Å². The SMILES string of the molecule is COc1ccc(-c2cn(CC3(O)CCN(C(=O)OC(C)(C)C)CC3)nc2-c2ccc(C#N)c(F)c2)cc1F. The maximum Gasteiger partial charge on any atom is 0.410 e. The monoisotopic (exact) mass is 524 g/mol. The molecule has 0 saturated carbocycles. The first-order valence-corrected chi connectivity index (χ1v) is 12.2. The van der Waals surface area contributed by atoms with Gasteiger partial charge in [-0.25, -0.2) is 13.6 Å². The van der Waals surface area contributed by atoms with Crippen LogP contribution < -0.4 is 4.74 Å². The number of benzene rings is 2. The number of aromatic nitrogens is 2. The summed E-state index contributed by atoms with van der Waals surface area (Å²) in [4.78, 5) is 14.0. The summed E-state index contributed by atoms with van der Waals surface area (Å²) in [5.74, 6) is -1.18. The Morgan fingerprint density at radius 1 is 1.13 bits per heavy atom. The van der Waals surface area contributed by atoms with Crippen LogP contribution in [0.2, 0.25) is 0 Å². The second kappa shape index (κ2) is 10.4. The molecule has 0 atom stereocenters. The number of piperidine rings is 1. The van der Waals surface area contributed by atoms with E-state index in [1.165, 1.54) is 31.4 Å². The summed E-state index contributed by atoms with van der Waals surface area (Å²) >= 11 is 0. The van der Waals surface area contributed by atoms with Gasteiger partial charge in [0.1, 0.15) is 23.2 Å². The van der Waals surface area contributed by atoms with Gasteiger partial charge in [0, 0.05) is 30.4 Å². The van der Waals surface area contributed by atoms with E-state index in [-0.39, 0.29) is 17.9 Å². The van der Waals surface area contributed by atoms with Crippen LogP contribution in [0.15, 0.2) is 42.6 Å². The molecule has 0 bridgehead atoms. The summed E-state index contributed by atoms with van der Waals surface area (Å²) in [6, 6.07) is 10.4. The number of amides is 1. The molecule has 0 aliphatic carbocycles. The highest BCUT2D eigenvalue weighted by molar-refractivity contribution is 5.81. The molecule has 1 aromatic heterocycles. The van der Waals surface area contributed by atoms with Crippen molar-refractivity contribution in [2.75, 3.05) is 20.2 Å². The fourth-order valence-corrected chi connectivity index (χ4v) is 4.41. The fraction of sp³-hybridized carbons (Fsp3) is 0.393. The molecule has 200 valence electrons. The van der Waals surface area contributed by atoms with E-state index in [2.05, 4.69) is 5.10 Å². The Balaban J connectivity index is 1.63. The van der Waals surface area contributed by atoms with E-state index < -0.39 is 28.9 Å². The largest absolute Gasteiger partial charge is 0.494 e. The highest BCUT2D eigenvalue weighted by Gasteiger charge is 2.36. The number of nitriles is 1. The lowest BCUT2D eigenvalue weighted by atomic mass is 9.91. The van der Waals surface area contributed by atoms with Gasteiger partial charge in [0.25, 0.3) is 0 Å². The minimum absolute atomic E-state index is 0.0816. The van der Waals surface area contributed by atoms with Gasteiger partial charge in [-0.05, 0) is 63.4 Å². The van der Waals surface area contributed by atoms with Gasteiger partial charge in [-0.1, -0.05) is 12.1 Å². The number of likely N-dealkylation sites (tertiary alicyclic amines) is 1. The van der Waals surface area contributed by atoms with Crippen LogP contribution in [0.3, 0.4) is 0 Å². The first-order valence-electron chi connectivity index (χ1n) is 12.2. The third-order valence-electron chi connectivity index (χ3n) is 6.39. The van der Waals surface area contributed by atoms with E-state index in [9.17, 15) is 18.7 Å². The quantitative estimate of drug-likeness (QED) is 0.496. The molecule has 1 N–H and O–H groups in total. The lowest BCUT2D eigenvalue weighted by Gasteiger charge is -2.38. The maximum atomic E-state index is 14.5. The van der Waals surface area contributed by atoms with E-state index in [0.717, 1.165) is 0 Å². The molecule has 38 heavy (non-hydrogen) atoms. The zero-order valence-electron chi connectivity index (χ0n) is 21.8. The number of carbonyl (C=O) groups excluding carboxylic acids is 1. The van der Waals surface area contributed by atoms with Gasteiger partial charge in [0.2, 0.25) is 0 Å². The van der Waals surface area contributed by atoms with Gasteiger partial charge in [0.05, 0.1) is 24.8 Å². The van der Waals surface area contributed by atoms with Crippen LogP contribution in [0.25, 0.3) is 22.4 Å². The van der Waals surface area contributed by atoms with Crippen LogP contribution in [-0.4, -0.2) is 57.3 Å².